The van der Waals surface area contributed by atoms with Gasteiger partial charge in [0.05, 0.1) is 0 Å². The average molecular weight is 201 g/mol. The largest absolute Gasteiger partial charge is 0.396 e. The summed E-state index contributed by atoms with van der Waals surface area (Å²) >= 11 is 0. The van der Waals surface area contributed by atoms with Crippen molar-refractivity contribution in [3.05, 3.63) is 0 Å². The lowest BCUT2D eigenvalue weighted by Crippen LogP contribution is -2.39. The molecular formula is C11H23NO2. The van der Waals surface area contributed by atoms with Crippen molar-refractivity contribution in [2.24, 2.45) is 5.92 Å². The predicted molar refractivity (Wildman–Crippen MR) is 58.0 cm³/mol. The Labute approximate surface area is 87.1 Å². The van der Waals surface area contributed by atoms with Crippen molar-refractivity contribution in [1.29, 1.82) is 0 Å². The van der Waals surface area contributed by atoms with E-state index in [1.165, 1.54) is 0 Å². The minimum atomic E-state index is 0.0966. The second-order valence-corrected chi connectivity index (χ2v) is 4.36. The van der Waals surface area contributed by atoms with Crippen LogP contribution < -0.4 is 0 Å². The molecule has 0 radical (unpaired) electrons. The van der Waals surface area contributed by atoms with Gasteiger partial charge in [-0.1, -0.05) is 13.8 Å². The van der Waals surface area contributed by atoms with Gasteiger partial charge in [-0.2, -0.15) is 0 Å². The molecule has 0 aliphatic rings. The van der Waals surface area contributed by atoms with Crippen molar-refractivity contribution in [1.82, 2.24) is 4.90 Å². The SMILES string of the molecule is CC(C)CN(C(=O)CCCO)C(C)C. The van der Waals surface area contributed by atoms with Gasteiger partial charge in [0, 0.05) is 25.6 Å². The molecule has 0 bridgehead atoms. The van der Waals surface area contributed by atoms with Crippen molar-refractivity contribution in [2.45, 2.75) is 46.6 Å². The number of nitrogens with zero attached hydrogens (tertiary/aromatic N) is 1. The molecule has 0 aromatic rings. The Hall–Kier alpha value is -0.570. The van der Waals surface area contributed by atoms with Crippen LogP contribution in [-0.2, 0) is 4.79 Å². The zero-order chi connectivity index (χ0) is 11.1. The van der Waals surface area contributed by atoms with Gasteiger partial charge in [0.15, 0.2) is 0 Å². The number of rotatable bonds is 6. The second-order valence-electron chi connectivity index (χ2n) is 4.36. The molecule has 0 rings (SSSR count). The van der Waals surface area contributed by atoms with Gasteiger partial charge in [0.25, 0.3) is 0 Å². The van der Waals surface area contributed by atoms with Crippen LogP contribution in [0.1, 0.15) is 40.5 Å². The molecular weight excluding hydrogens is 178 g/mol. The number of hydrogen-bond acceptors (Lipinski definition) is 2. The first kappa shape index (κ1) is 13.4. The maximum atomic E-state index is 11.7. The monoisotopic (exact) mass is 201 g/mol. The third-order valence-electron chi connectivity index (χ3n) is 2.05. The summed E-state index contributed by atoms with van der Waals surface area (Å²) < 4.78 is 0. The minimum Gasteiger partial charge on any atom is -0.396 e. The molecule has 1 N–H and O–H groups in total. The van der Waals surface area contributed by atoms with Crippen LogP contribution >= 0.6 is 0 Å². The molecule has 0 saturated heterocycles. The molecule has 0 heterocycles. The Bertz CT molecular complexity index is 167. The van der Waals surface area contributed by atoms with E-state index >= 15 is 0 Å². The van der Waals surface area contributed by atoms with Crippen LogP contribution in [-0.4, -0.2) is 35.1 Å². The first-order chi connectivity index (χ1) is 6.49. The van der Waals surface area contributed by atoms with Crippen LogP contribution in [0.3, 0.4) is 0 Å². The summed E-state index contributed by atoms with van der Waals surface area (Å²) in [5.74, 6) is 0.651. The molecule has 0 atom stereocenters. The van der Waals surface area contributed by atoms with Gasteiger partial charge in [-0.25, -0.2) is 0 Å². The van der Waals surface area contributed by atoms with Crippen molar-refractivity contribution >= 4 is 5.91 Å². The van der Waals surface area contributed by atoms with E-state index in [2.05, 4.69) is 13.8 Å². The van der Waals surface area contributed by atoms with Gasteiger partial charge in [-0.05, 0) is 26.2 Å². The molecule has 84 valence electrons. The molecule has 1 amide bonds. The summed E-state index contributed by atoms with van der Waals surface area (Å²) in [4.78, 5) is 13.6. The van der Waals surface area contributed by atoms with Crippen molar-refractivity contribution in [3.8, 4) is 0 Å². The first-order valence-corrected chi connectivity index (χ1v) is 5.39. The van der Waals surface area contributed by atoms with Crippen LogP contribution in [0.5, 0.6) is 0 Å². The molecule has 0 unspecified atom stereocenters. The molecule has 14 heavy (non-hydrogen) atoms. The number of carbonyl (C=O) groups excluding carboxylic acids is 1. The Morgan fingerprint density at radius 1 is 1.29 bits per heavy atom. The third-order valence-corrected chi connectivity index (χ3v) is 2.05. The fraction of sp³-hybridized carbons (Fsp3) is 0.909. The highest BCUT2D eigenvalue weighted by molar-refractivity contribution is 5.76. The fourth-order valence-electron chi connectivity index (χ4n) is 1.37. The molecule has 0 aromatic carbocycles. The summed E-state index contributed by atoms with van der Waals surface area (Å²) in [6.45, 7) is 9.17. The Balaban J connectivity index is 4.12. The normalized spacial score (nSPS) is 11.1. The van der Waals surface area contributed by atoms with E-state index in [1.807, 2.05) is 18.7 Å². The minimum absolute atomic E-state index is 0.0966. The molecule has 0 aliphatic heterocycles. The lowest BCUT2D eigenvalue weighted by molar-refractivity contribution is -0.133. The average Bonchev–Trinajstić information content (AvgIpc) is 2.09. The van der Waals surface area contributed by atoms with Crippen LogP contribution in [0.15, 0.2) is 0 Å². The van der Waals surface area contributed by atoms with E-state index in [0.29, 0.717) is 18.8 Å². The highest BCUT2D eigenvalue weighted by Gasteiger charge is 2.16. The predicted octanol–water partition coefficient (Wildman–Crippen LogP) is 1.65. The summed E-state index contributed by atoms with van der Waals surface area (Å²) in [6.07, 6.45) is 1.03. The lowest BCUT2D eigenvalue weighted by atomic mass is 10.1. The number of aliphatic hydroxyl groups is 1. The van der Waals surface area contributed by atoms with Crippen molar-refractivity contribution in [2.75, 3.05) is 13.2 Å². The van der Waals surface area contributed by atoms with Gasteiger partial charge in [-0.15, -0.1) is 0 Å². The quantitative estimate of drug-likeness (QED) is 0.710. The molecule has 3 heteroatoms. The zero-order valence-corrected chi connectivity index (χ0v) is 9.79. The summed E-state index contributed by atoms with van der Waals surface area (Å²) in [5.41, 5.74) is 0. The summed E-state index contributed by atoms with van der Waals surface area (Å²) in [5, 5.41) is 8.65. The highest BCUT2D eigenvalue weighted by Crippen LogP contribution is 2.07. The van der Waals surface area contributed by atoms with Crippen LogP contribution in [0.2, 0.25) is 0 Å². The zero-order valence-electron chi connectivity index (χ0n) is 9.79. The van der Waals surface area contributed by atoms with Gasteiger partial charge in [0.1, 0.15) is 0 Å². The van der Waals surface area contributed by atoms with Crippen LogP contribution in [0, 0.1) is 5.92 Å². The van der Waals surface area contributed by atoms with E-state index in [1.54, 1.807) is 0 Å². The van der Waals surface area contributed by atoms with Gasteiger partial charge in [0.2, 0.25) is 5.91 Å². The molecule has 3 nitrogen and oxygen atoms in total. The van der Waals surface area contributed by atoms with E-state index in [9.17, 15) is 4.79 Å². The van der Waals surface area contributed by atoms with E-state index in [4.69, 9.17) is 5.11 Å². The standard InChI is InChI=1S/C11H23NO2/c1-9(2)8-12(10(3)4)11(14)6-5-7-13/h9-10,13H,5-8H2,1-4H3. The first-order valence-electron chi connectivity index (χ1n) is 5.39. The van der Waals surface area contributed by atoms with Gasteiger partial charge < -0.3 is 10.0 Å². The topological polar surface area (TPSA) is 40.5 Å². The van der Waals surface area contributed by atoms with E-state index in [0.717, 1.165) is 6.54 Å². The third kappa shape index (κ3) is 5.22. The van der Waals surface area contributed by atoms with Crippen molar-refractivity contribution < 1.29 is 9.90 Å². The number of amides is 1. The summed E-state index contributed by atoms with van der Waals surface area (Å²) in [7, 11) is 0. The Kier molecular flexibility index (Phi) is 6.54. The number of hydrogen-bond donors (Lipinski definition) is 1. The summed E-state index contributed by atoms with van der Waals surface area (Å²) in [6, 6.07) is 0.253. The molecule has 0 saturated carbocycles. The number of carbonyl (C=O) groups is 1. The Morgan fingerprint density at radius 2 is 1.86 bits per heavy atom. The molecule has 0 spiro atoms. The molecule has 0 aliphatic carbocycles. The fourth-order valence-corrected chi connectivity index (χ4v) is 1.37. The maximum Gasteiger partial charge on any atom is 0.222 e. The molecule has 0 fully saturated rings. The smallest absolute Gasteiger partial charge is 0.222 e. The molecule has 0 aromatic heterocycles. The Morgan fingerprint density at radius 3 is 2.21 bits per heavy atom. The second kappa shape index (κ2) is 6.82. The van der Waals surface area contributed by atoms with Crippen molar-refractivity contribution in [3.63, 3.8) is 0 Å². The van der Waals surface area contributed by atoms with E-state index in [-0.39, 0.29) is 18.6 Å². The van der Waals surface area contributed by atoms with Crippen LogP contribution in [0.25, 0.3) is 0 Å². The maximum absolute atomic E-state index is 11.7. The van der Waals surface area contributed by atoms with Gasteiger partial charge >= 0.3 is 0 Å². The van der Waals surface area contributed by atoms with E-state index < -0.39 is 0 Å². The highest BCUT2D eigenvalue weighted by atomic mass is 16.3. The lowest BCUT2D eigenvalue weighted by Gasteiger charge is -2.28. The van der Waals surface area contributed by atoms with Gasteiger partial charge in [-0.3, -0.25) is 4.79 Å². The van der Waals surface area contributed by atoms with Crippen LogP contribution in [0.4, 0.5) is 0 Å². The number of aliphatic hydroxyl groups excluding tert-OH is 1.